The van der Waals surface area contributed by atoms with Crippen molar-refractivity contribution in [2.45, 2.75) is 13.5 Å². The number of carbonyl (C=O) groups excluding carboxylic acids is 1. The molecule has 0 aliphatic heterocycles. The van der Waals surface area contributed by atoms with Gasteiger partial charge in [0.15, 0.2) is 0 Å². The number of rotatable bonds is 4. The van der Waals surface area contributed by atoms with E-state index >= 15 is 0 Å². The van der Waals surface area contributed by atoms with Crippen LogP contribution in [0.5, 0.6) is 5.75 Å². The number of anilines is 2. The molecular formula is C13H16N4O2. The molecule has 1 aromatic carbocycles. The second-order valence-electron chi connectivity index (χ2n) is 4.16. The number of hydrogen-bond acceptors (Lipinski definition) is 4. The van der Waals surface area contributed by atoms with Gasteiger partial charge < -0.3 is 15.8 Å². The Morgan fingerprint density at radius 3 is 2.89 bits per heavy atom. The largest absolute Gasteiger partial charge is 0.495 e. The Morgan fingerprint density at radius 2 is 2.26 bits per heavy atom. The van der Waals surface area contributed by atoms with Crippen molar-refractivity contribution in [3.8, 4) is 5.75 Å². The van der Waals surface area contributed by atoms with E-state index in [1.54, 1.807) is 29.1 Å². The number of amides is 1. The number of hydrogen-bond donors (Lipinski definition) is 2. The number of nitrogens with two attached hydrogens (primary N) is 1. The molecule has 0 spiro atoms. The van der Waals surface area contributed by atoms with Crippen molar-refractivity contribution in [1.29, 1.82) is 0 Å². The van der Waals surface area contributed by atoms with Crippen molar-refractivity contribution in [2.75, 3.05) is 18.2 Å². The zero-order valence-electron chi connectivity index (χ0n) is 10.9. The number of benzene rings is 1. The van der Waals surface area contributed by atoms with Gasteiger partial charge in [0.1, 0.15) is 12.3 Å². The fourth-order valence-corrected chi connectivity index (χ4v) is 1.71. The maximum absolute atomic E-state index is 11.9. The van der Waals surface area contributed by atoms with Crippen LogP contribution in [0.1, 0.15) is 5.69 Å². The molecule has 2 rings (SSSR count). The first-order valence-corrected chi connectivity index (χ1v) is 5.82. The van der Waals surface area contributed by atoms with Gasteiger partial charge in [-0.2, -0.15) is 5.10 Å². The Kier molecular flexibility index (Phi) is 3.70. The highest BCUT2D eigenvalue weighted by Crippen LogP contribution is 2.26. The summed E-state index contributed by atoms with van der Waals surface area (Å²) in [6, 6.07) is 6.92. The molecule has 100 valence electrons. The van der Waals surface area contributed by atoms with Crippen LogP contribution in [-0.2, 0) is 11.3 Å². The van der Waals surface area contributed by atoms with Crippen molar-refractivity contribution in [3.63, 3.8) is 0 Å². The first-order valence-electron chi connectivity index (χ1n) is 5.82. The quantitative estimate of drug-likeness (QED) is 0.814. The van der Waals surface area contributed by atoms with Crippen molar-refractivity contribution in [3.05, 3.63) is 36.2 Å². The Labute approximate surface area is 111 Å². The zero-order valence-corrected chi connectivity index (χ0v) is 10.9. The topological polar surface area (TPSA) is 82.2 Å². The third-order valence-electron chi connectivity index (χ3n) is 2.58. The van der Waals surface area contributed by atoms with Crippen LogP contribution in [0.4, 0.5) is 11.4 Å². The van der Waals surface area contributed by atoms with Gasteiger partial charge in [0.2, 0.25) is 5.91 Å². The maximum Gasteiger partial charge on any atom is 0.246 e. The van der Waals surface area contributed by atoms with Crippen molar-refractivity contribution < 1.29 is 9.53 Å². The molecule has 2 aromatic rings. The van der Waals surface area contributed by atoms with Crippen LogP contribution in [0, 0.1) is 6.92 Å². The molecule has 1 aromatic heterocycles. The highest BCUT2D eigenvalue weighted by atomic mass is 16.5. The summed E-state index contributed by atoms with van der Waals surface area (Å²) in [7, 11) is 1.54. The Balaban J connectivity index is 2.08. The second-order valence-corrected chi connectivity index (χ2v) is 4.16. The fourth-order valence-electron chi connectivity index (χ4n) is 1.71. The van der Waals surface area contributed by atoms with Gasteiger partial charge in [0, 0.05) is 11.9 Å². The molecular weight excluding hydrogens is 244 g/mol. The molecule has 0 aliphatic rings. The minimum atomic E-state index is -0.188. The number of carbonyl (C=O) groups is 1. The minimum Gasteiger partial charge on any atom is -0.495 e. The Bertz CT molecular complexity index is 592. The lowest BCUT2D eigenvalue weighted by Gasteiger charge is -2.10. The van der Waals surface area contributed by atoms with E-state index in [4.69, 9.17) is 10.5 Å². The van der Waals surface area contributed by atoms with E-state index in [1.165, 1.54) is 7.11 Å². The number of nitrogen functional groups attached to an aromatic ring is 1. The van der Waals surface area contributed by atoms with Gasteiger partial charge in [0.05, 0.1) is 18.5 Å². The molecule has 3 N–H and O–H groups in total. The third-order valence-corrected chi connectivity index (χ3v) is 2.58. The second kappa shape index (κ2) is 5.43. The summed E-state index contributed by atoms with van der Waals surface area (Å²) >= 11 is 0. The number of aromatic nitrogens is 2. The highest BCUT2D eigenvalue weighted by molar-refractivity contribution is 5.92. The molecule has 0 aliphatic carbocycles. The lowest BCUT2D eigenvalue weighted by molar-refractivity contribution is -0.116. The van der Waals surface area contributed by atoms with Crippen LogP contribution in [0.2, 0.25) is 0 Å². The molecule has 1 amide bonds. The number of nitrogens with one attached hydrogen (secondary N) is 1. The van der Waals surface area contributed by atoms with Gasteiger partial charge in [-0.3, -0.25) is 9.48 Å². The zero-order chi connectivity index (χ0) is 13.8. The van der Waals surface area contributed by atoms with Gasteiger partial charge in [-0.1, -0.05) is 0 Å². The van der Waals surface area contributed by atoms with Gasteiger partial charge in [-0.25, -0.2) is 0 Å². The van der Waals surface area contributed by atoms with E-state index in [0.717, 1.165) is 5.69 Å². The number of methoxy groups -OCH3 is 1. The van der Waals surface area contributed by atoms with E-state index in [-0.39, 0.29) is 12.5 Å². The van der Waals surface area contributed by atoms with E-state index in [2.05, 4.69) is 10.4 Å². The highest BCUT2D eigenvalue weighted by Gasteiger charge is 2.09. The Hall–Kier alpha value is -2.50. The van der Waals surface area contributed by atoms with Crippen molar-refractivity contribution in [1.82, 2.24) is 9.78 Å². The van der Waals surface area contributed by atoms with Crippen LogP contribution in [0.25, 0.3) is 0 Å². The van der Waals surface area contributed by atoms with Crippen LogP contribution in [0.3, 0.4) is 0 Å². The summed E-state index contributed by atoms with van der Waals surface area (Å²) in [5.74, 6) is 0.381. The summed E-state index contributed by atoms with van der Waals surface area (Å²) in [5, 5.41) is 6.91. The summed E-state index contributed by atoms with van der Waals surface area (Å²) in [6.07, 6.45) is 1.76. The lowest BCUT2D eigenvalue weighted by Crippen LogP contribution is -2.19. The number of nitrogens with zero attached hydrogens (tertiary/aromatic N) is 2. The molecule has 0 saturated heterocycles. The molecule has 0 saturated carbocycles. The molecule has 1 heterocycles. The van der Waals surface area contributed by atoms with E-state index in [0.29, 0.717) is 17.1 Å². The minimum absolute atomic E-state index is 0.145. The predicted molar refractivity (Wildman–Crippen MR) is 73.0 cm³/mol. The smallest absolute Gasteiger partial charge is 0.246 e. The molecule has 0 radical (unpaired) electrons. The summed E-state index contributed by atoms with van der Waals surface area (Å²) < 4.78 is 6.74. The molecule has 0 fully saturated rings. The third kappa shape index (κ3) is 3.25. The normalized spacial score (nSPS) is 10.2. The summed E-state index contributed by atoms with van der Waals surface area (Å²) in [4.78, 5) is 11.9. The average Bonchev–Trinajstić information content (AvgIpc) is 2.75. The van der Waals surface area contributed by atoms with Gasteiger partial charge >= 0.3 is 0 Å². The standard InChI is InChI=1S/C13H16N4O2/c1-9-5-6-17(16-9)8-13(18)15-11-7-10(14)3-4-12(11)19-2/h3-7H,8,14H2,1-2H3,(H,15,18). The molecule has 6 nitrogen and oxygen atoms in total. The van der Waals surface area contributed by atoms with Crippen molar-refractivity contribution >= 4 is 17.3 Å². The Morgan fingerprint density at radius 1 is 1.47 bits per heavy atom. The van der Waals surface area contributed by atoms with Crippen LogP contribution in [-0.4, -0.2) is 22.8 Å². The molecule has 6 heteroatoms. The van der Waals surface area contributed by atoms with Crippen molar-refractivity contribution in [2.24, 2.45) is 0 Å². The lowest BCUT2D eigenvalue weighted by atomic mass is 10.2. The average molecular weight is 260 g/mol. The van der Waals surface area contributed by atoms with Crippen LogP contribution < -0.4 is 15.8 Å². The van der Waals surface area contributed by atoms with E-state index < -0.39 is 0 Å². The SMILES string of the molecule is COc1ccc(N)cc1NC(=O)Cn1ccc(C)n1. The van der Waals surface area contributed by atoms with E-state index in [1.807, 2.05) is 13.0 Å². The first kappa shape index (κ1) is 12.9. The first-order chi connectivity index (χ1) is 9.08. The fraction of sp³-hybridized carbons (Fsp3) is 0.231. The van der Waals surface area contributed by atoms with Gasteiger partial charge in [0.25, 0.3) is 0 Å². The van der Waals surface area contributed by atoms with E-state index in [9.17, 15) is 4.79 Å². The molecule has 0 atom stereocenters. The van der Waals surface area contributed by atoms with Crippen LogP contribution in [0.15, 0.2) is 30.5 Å². The monoisotopic (exact) mass is 260 g/mol. The molecule has 19 heavy (non-hydrogen) atoms. The predicted octanol–water partition coefficient (Wildman–Crippen LogP) is 1.42. The summed E-state index contributed by atoms with van der Waals surface area (Å²) in [6.45, 7) is 2.02. The van der Waals surface area contributed by atoms with Gasteiger partial charge in [-0.05, 0) is 31.2 Å². The maximum atomic E-state index is 11.9. The molecule has 0 unspecified atom stereocenters. The van der Waals surface area contributed by atoms with Crippen LogP contribution >= 0.6 is 0 Å². The molecule has 0 bridgehead atoms. The van der Waals surface area contributed by atoms with Gasteiger partial charge in [-0.15, -0.1) is 0 Å². The number of aryl methyl sites for hydroxylation is 1. The summed E-state index contributed by atoms with van der Waals surface area (Å²) in [5.41, 5.74) is 7.67. The number of ether oxygens (including phenoxy) is 1.